The Hall–Kier alpha value is -3.19. The first kappa shape index (κ1) is 13.8. The van der Waals surface area contributed by atoms with Crippen LogP contribution < -0.4 is 10.2 Å². The molecule has 0 aliphatic carbocycles. The highest BCUT2D eigenvalue weighted by molar-refractivity contribution is 5.80. The van der Waals surface area contributed by atoms with Crippen molar-refractivity contribution in [1.29, 1.82) is 0 Å². The van der Waals surface area contributed by atoms with Gasteiger partial charge in [0, 0.05) is 17.7 Å². The van der Waals surface area contributed by atoms with E-state index in [-0.39, 0.29) is 11.2 Å². The molecular formula is C18H12O4. The molecule has 0 unspecified atom stereocenters. The molecule has 22 heavy (non-hydrogen) atoms. The minimum absolute atomic E-state index is 0.0102. The van der Waals surface area contributed by atoms with Crippen molar-refractivity contribution in [2.24, 2.45) is 0 Å². The molecule has 0 fully saturated rings. The fourth-order valence-corrected chi connectivity index (χ4v) is 2.21. The Morgan fingerprint density at radius 3 is 2.73 bits per heavy atom. The number of phenols is 1. The van der Waals surface area contributed by atoms with Crippen LogP contribution in [-0.2, 0) is 0 Å². The number of fused-ring (bicyclic) bond motifs is 1. The van der Waals surface area contributed by atoms with Crippen LogP contribution in [0, 0.1) is 12.3 Å². The highest BCUT2D eigenvalue weighted by Gasteiger charge is 2.09. The SMILES string of the molecule is C#Cc1cc(-c2cc(=O)c3ccc(OC)cc3o2)ccc1O. The summed E-state index contributed by atoms with van der Waals surface area (Å²) in [7, 11) is 1.54. The molecule has 0 aliphatic rings. The Morgan fingerprint density at radius 1 is 1.18 bits per heavy atom. The van der Waals surface area contributed by atoms with Gasteiger partial charge in [-0.05, 0) is 30.3 Å². The first-order chi connectivity index (χ1) is 10.6. The molecule has 3 rings (SSSR count). The Bertz CT molecular complexity index is 961. The molecule has 0 spiro atoms. The minimum Gasteiger partial charge on any atom is -0.507 e. The number of methoxy groups -OCH3 is 1. The van der Waals surface area contributed by atoms with Crippen LogP contribution in [0.2, 0.25) is 0 Å². The number of terminal acetylenes is 1. The molecule has 108 valence electrons. The van der Waals surface area contributed by atoms with Crippen LogP contribution in [0.5, 0.6) is 11.5 Å². The number of phenolic OH excluding ortho intramolecular Hbond substituents is 1. The lowest BCUT2D eigenvalue weighted by Crippen LogP contribution is -2.00. The second-order valence-electron chi connectivity index (χ2n) is 4.71. The summed E-state index contributed by atoms with van der Waals surface area (Å²) < 4.78 is 10.9. The Kier molecular flexibility index (Phi) is 3.32. The normalized spacial score (nSPS) is 10.4. The van der Waals surface area contributed by atoms with Crippen molar-refractivity contribution in [3.63, 3.8) is 0 Å². The number of ether oxygens (including phenoxy) is 1. The highest BCUT2D eigenvalue weighted by Crippen LogP contribution is 2.28. The standard InChI is InChI=1S/C18H12O4/c1-3-11-8-12(4-7-15(11)19)17-10-16(20)14-6-5-13(21-2)9-18(14)22-17/h1,4-10,19H,2H3. The van der Waals surface area contributed by atoms with Gasteiger partial charge >= 0.3 is 0 Å². The van der Waals surface area contributed by atoms with Crippen molar-refractivity contribution in [3.8, 4) is 35.2 Å². The molecule has 0 atom stereocenters. The molecule has 0 bridgehead atoms. The van der Waals surface area contributed by atoms with E-state index >= 15 is 0 Å². The molecule has 0 radical (unpaired) electrons. The largest absolute Gasteiger partial charge is 0.507 e. The van der Waals surface area contributed by atoms with Gasteiger partial charge in [0.05, 0.1) is 18.1 Å². The van der Waals surface area contributed by atoms with Crippen LogP contribution in [0.3, 0.4) is 0 Å². The smallest absolute Gasteiger partial charge is 0.193 e. The first-order valence-electron chi connectivity index (χ1n) is 6.54. The summed E-state index contributed by atoms with van der Waals surface area (Å²) in [5.41, 5.74) is 1.23. The fourth-order valence-electron chi connectivity index (χ4n) is 2.21. The zero-order valence-corrected chi connectivity index (χ0v) is 11.8. The molecule has 0 amide bonds. The average Bonchev–Trinajstić information content (AvgIpc) is 2.54. The lowest BCUT2D eigenvalue weighted by Gasteiger charge is -2.06. The van der Waals surface area contributed by atoms with Crippen molar-refractivity contribution >= 4 is 11.0 Å². The maximum Gasteiger partial charge on any atom is 0.193 e. The van der Waals surface area contributed by atoms with Crippen molar-refractivity contribution < 1.29 is 14.3 Å². The Morgan fingerprint density at radius 2 is 2.00 bits per heavy atom. The van der Waals surface area contributed by atoms with Gasteiger partial charge < -0.3 is 14.3 Å². The molecule has 2 aromatic carbocycles. The third-order valence-corrected chi connectivity index (χ3v) is 3.37. The van der Waals surface area contributed by atoms with Crippen LogP contribution in [0.25, 0.3) is 22.3 Å². The topological polar surface area (TPSA) is 59.7 Å². The molecule has 1 aromatic heterocycles. The van der Waals surface area contributed by atoms with Crippen LogP contribution in [0.4, 0.5) is 0 Å². The van der Waals surface area contributed by atoms with Gasteiger partial charge in [-0.25, -0.2) is 0 Å². The van der Waals surface area contributed by atoms with E-state index in [1.165, 1.54) is 12.1 Å². The summed E-state index contributed by atoms with van der Waals surface area (Å²) in [5, 5.41) is 10.1. The highest BCUT2D eigenvalue weighted by atomic mass is 16.5. The lowest BCUT2D eigenvalue weighted by molar-refractivity contribution is 0.414. The van der Waals surface area contributed by atoms with E-state index < -0.39 is 0 Å². The zero-order chi connectivity index (χ0) is 15.7. The van der Waals surface area contributed by atoms with E-state index in [2.05, 4.69) is 5.92 Å². The third kappa shape index (κ3) is 2.29. The second kappa shape index (κ2) is 5.30. The summed E-state index contributed by atoms with van der Waals surface area (Å²) in [6.07, 6.45) is 5.34. The second-order valence-corrected chi connectivity index (χ2v) is 4.71. The van der Waals surface area contributed by atoms with Crippen LogP contribution in [-0.4, -0.2) is 12.2 Å². The lowest BCUT2D eigenvalue weighted by atomic mass is 10.1. The Labute approximate surface area is 126 Å². The quantitative estimate of drug-likeness (QED) is 0.737. The van der Waals surface area contributed by atoms with Gasteiger partial charge in [0.1, 0.15) is 22.8 Å². The number of rotatable bonds is 2. The number of hydrogen-bond acceptors (Lipinski definition) is 4. The number of hydrogen-bond donors (Lipinski definition) is 1. The predicted octanol–water partition coefficient (Wildman–Crippen LogP) is 3.16. The maximum absolute atomic E-state index is 12.2. The fraction of sp³-hybridized carbons (Fsp3) is 0.0556. The van der Waals surface area contributed by atoms with E-state index in [0.29, 0.717) is 33.6 Å². The van der Waals surface area contributed by atoms with E-state index in [4.69, 9.17) is 15.6 Å². The molecule has 0 aliphatic heterocycles. The molecule has 1 heterocycles. The number of benzene rings is 2. The molecule has 4 nitrogen and oxygen atoms in total. The zero-order valence-electron chi connectivity index (χ0n) is 11.8. The average molecular weight is 292 g/mol. The van der Waals surface area contributed by atoms with E-state index in [1.54, 1.807) is 37.4 Å². The monoisotopic (exact) mass is 292 g/mol. The maximum atomic E-state index is 12.2. The summed E-state index contributed by atoms with van der Waals surface area (Å²) in [5.74, 6) is 3.37. The summed E-state index contributed by atoms with van der Waals surface area (Å²) >= 11 is 0. The predicted molar refractivity (Wildman–Crippen MR) is 84.1 cm³/mol. The van der Waals surface area contributed by atoms with Crippen molar-refractivity contribution in [3.05, 3.63) is 58.3 Å². The van der Waals surface area contributed by atoms with Crippen LogP contribution in [0.15, 0.2) is 51.7 Å². The van der Waals surface area contributed by atoms with Gasteiger partial charge in [0.25, 0.3) is 0 Å². The third-order valence-electron chi connectivity index (χ3n) is 3.37. The molecule has 3 aromatic rings. The van der Waals surface area contributed by atoms with Crippen molar-refractivity contribution in [1.82, 2.24) is 0 Å². The molecule has 4 heteroatoms. The van der Waals surface area contributed by atoms with Crippen molar-refractivity contribution in [2.75, 3.05) is 7.11 Å². The van der Waals surface area contributed by atoms with Crippen molar-refractivity contribution in [2.45, 2.75) is 0 Å². The number of aromatic hydroxyl groups is 1. The van der Waals surface area contributed by atoms with E-state index in [9.17, 15) is 9.90 Å². The van der Waals surface area contributed by atoms with Gasteiger partial charge in [-0.2, -0.15) is 0 Å². The van der Waals surface area contributed by atoms with Crippen LogP contribution in [0.1, 0.15) is 5.56 Å². The molecular weight excluding hydrogens is 280 g/mol. The van der Waals surface area contributed by atoms with E-state index in [1.807, 2.05) is 0 Å². The van der Waals surface area contributed by atoms with Gasteiger partial charge in [-0.1, -0.05) is 5.92 Å². The van der Waals surface area contributed by atoms with Gasteiger partial charge in [-0.3, -0.25) is 4.79 Å². The summed E-state index contributed by atoms with van der Waals surface area (Å²) in [6.45, 7) is 0. The molecule has 1 N–H and O–H groups in total. The van der Waals surface area contributed by atoms with E-state index in [0.717, 1.165) is 0 Å². The van der Waals surface area contributed by atoms with Gasteiger partial charge in [-0.15, -0.1) is 6.42 Å². The van der Waals surface area contributed by atoms with Gasteiger partial charge in [0.15, 0.2) is 5.43 Å². The van der Waals surface area contributed by atoms with Gasteiger partial charge in [0.2, 0.25) is 0 Å². The first-order valence-corrected chi connectivity index (χ1v) is 6.54. The molecule has 0 saturated heterocycles. The molecule has 0 saturated carbocycles. The summed E-state index contributed by atoms with van der Waals surface area (Å²) in [4.78, 5) is 12.2. The Balaban J connectivity index is 2.23. The van der Waals surface area contributed by atoms with Crippen LogP contribution >= 0.6 is 0 Å². The summed E-state index contributed by atoms with van der Waals surface area (Å²) in [6, 6.07) is 11.1. The minimum atomic E-state index is -0.158.